The molecule has 1 atom stereocenters. The SMILES string of the molecule is CN1CCN(c2ncccc2N)C(c2ccccc2)C1. The van der Waals surface area contributed by atoms with E-state index in [0.717, 1.165) is 31.1 Å². The second-order valence-electron chi connectivity index (χ2n) is 5.30. The molecular weight excluding hydrogens is 248 g/mol. The maximum atomic E-state index is 6.11. The average molecular weight is 268 g/mol. The van der Waals surface area contributed by atoms with Crippen molar-refractivity contribution in [3.05, 3.63) is 54.2 Å². The Hall–Kier alpha value is -2.07. The number of likely N-dealkylation sites (N-methyl/N-ethyl adjacent to an activating group) is 1. The first-order chi connectivity index (χ1) is 9.75. The van der Waals surface area contributed by atoms with Crippen LogP contribution in [-0.2, 0) is 0 Å². The first kappa shape index (κ1) is 12.9. The molecule has 0 radical (unpaired) electrons. The Balaban J connectivity index is 1.97. The van der Waals surface area contributed by atoms with E-state index in [-0.39, 0.29) is 0 Å². The molecule has 2 heterocycles. The molecule has 1 aliphatic heterocycles. The molecule has 1 fully saturated rings. The number of aromatic nitrogens is 1. The van der Waals surface area contributed by atoms with Crippen molar-refractivity contribution in [1.29, 1.82) is 0 Å². The number of hydrogen-bond donors (Lipinski definition) is 1. The van der Waals surface area contributed by atoms with Crippen molar-refractivity contribution in [2.75, 3.05) is 37.3 Å². The summed E-state index contributed by atoms with van der Waals surface area (Å²) >= 11 is 0. The van der Waals surface area contributed by atoms with Gasteiger partial charge in [0, 0.05) is 25.8 Å². The van der Waals surface area contributed by atoms with E-state index in [1.165, 1.54) is 5.56 Å². The van der Waals surface area contributed by atoms with E-state index in [4.69, 9.17) is 5.73 Å². The molecule has 4 heteroatoms. The predicted molar refractivity (Wildman–Crippen MR) is 82.7 cm³/mol. The summed E-state index contributed by atoms with van der Waals surface area (Å²) in [5, 5.41) is 0. The van der Waals surface area contributed by atoms with Crippen molar-refractivity contribution < 1.29 is 0 Å². The number of rotatable bonds is 2. The van der Waals surface area contributed by atoms with Crippen LogP contribution >= 0.6 is 0 Å². The molecule has 104 valence electrons. The molecule has 0 spiro atoms. The standard InChI is InChI=1S/C16H20N4/c1-19-10-11-20(16-14(17)8-5-9-18-16)15(12-19)13-6-3-2-4-7-13/h2-9,15H,10-12,17H2,1H3. The second-order valence-corrected chi connectivity index (χ2v) is 5.30. The van der Waals surface area contributed by atoms with Crippen LogP contribution in [0.5, 0.6) is 0 Å². The molecule has 1 aliphatic rings. The molecule has 1 saturated heterocycles. The molecule has 2 N–H and O–H groups in total. The fraction of sp³-hybridized carbons (Fsp3) is 0.312. The molecular formula is C16H20N4. The van der Waals surface area contributed by atoms with Gasteiger partial charge >= 0.3 is 0 Å². The van der Waals surface area contributed by atoms with Crippen LogP contribution < -0.4 is 10.6 Å². The number of anilines is 2. The summed E-state index contributed by atoms with van der Waals surface area (Å²) in [5.74, 6) is 0.898. The third kappa shape index (κ3) is 2.47. The summed E-state index contributed by atoms with van der Waals surface area (Å²) in [7, 11) is 2.16. The van der Waals surface area contributed by atoms with Crippen molar-refractivity contribution in [2.45, 2.75) is 6.04 Å². The number of pyridine rings is 1. The summed E-state index contributed by atoms with van der Waals surface area (Å²) in [6, 6.07) is 14.7. The smallest absolute Gasteiger partial charge is 0.152 e. The zero-order chi connectivity index (χ0) is 13.9. The average Bonchev–Trinajstić information content (AvgIpc) is 2.49. The number of nitrogen functional groups attached to an aromatic ring is 1. The highest BCUT2D eigenvalue weighted by Gasteiger charge is 2.28. The van der Waals surface area contributed by atoms with Crippen molar-refractivity contribution in [3.63, 3.8) is 0 Å². The molecule has 20 heavy (non-hydrogen) atoms. The Morgan fingerprint density at radius 3 is 2.65 bits per heavy atom. The Labute approximate surface area is 119 Å². The van der Waals surface area contributed by atoms with Crippen molar-refractivity contribution >= 4 is 11.5 Å². The Bertz CT molecular complexity index is 570. The van der Waals surface area contributed by atoms with Gasteiger partial charge in [0.25, 0.3) is 0 Å². The number of nitrogens with zero attached hydrogens (tertiary/aromatic N) is 3. The van der Waals surface area contributed by atoms with Crippen molar-refractivity contribution in [1.82, 2.24) is 9.88 Å². The monoisotopic (exact) mass is 268 g/mol. The Kier molecular flexibility index (Phi) is 3.56. The number of piperazine rings is 1. The molecule has 0 bridgehead atoms. The van der Waals surface area contributed by atoms with Gasteiger partial charge in [-0.05, 0) is 24.7 Å². The zero-order valence-electron chi connectivity index (χ0n) is 11.7. The maximum Gasteiger partial charge on any atom is 0.152 e. The third-order valence-corrected chi connectivity index (χ3v) is 3.86. The van der Waals surface area contributed by atoms with Crippen LogP contribution in [0.15, 0.2) is 48.7 Å². The van der Waals surface area contributed by atoms with Gasteiger partial charge in [-0.25, -0.2) is 4.98 Å². The summed E-state index contributed by atoms with van der Waals surface area (Å²) < 4.78 is 0. The number of hydrogen-bond acceptors (Lipinski definition) is 4. The van der Waals surface area contributed by atoms with Crippen LogP contribution in [0.1, 0.15) is 11.6 Å². The number of nitrogens with two attached hydrogens (primary N) is 1. The molecule has 1 aromatic carbocycles. The van der Waals surface area contributed by atoms with E-state index < -0.39 is 0 Å². The van der Waals surface area contributed by atoms with Crippen LogP contribution in [0, 0.1) is 0 Å². The van der Waals surface area contributed by atoms with Gasteiger partial charge in [-0.15, -0.1) is 0 Å². The predicted octanol–water partition coefficient (Wildman–Crippen LogP) is 2.16. The van der Waals surface area contributed by atoms with Crippen LogP contribution in [0.2, 0.25) is 0 Å². The maximum absolute atomic E-state index is 6.11. The van der Waals surface area contributed by atoms with E-state index in [9.17, 15) is 0 Å². The van der Waals surface area contributed by atoms with Crippen LogP contribution in [0.25, 0.3) is 0 Å². The van der Waals surface area contributed by atoms with Gasteiger partial charge in [0.05, 0.1) is 11.7 Å². The molecule has 3 rings (SSSR count). The van der Waals surface area contributed by atoms with Crippen LogP contribution in [-0.4, -0.2) is 36.6 Å². The molecule has 1 unspecified atom stereocenters. The molecule has 4 nitrogen and oxygen atoms in total. The van der Waals surface area contributed by atoms with E-state index >= 15 is 0 Å². The van der Waals surface area contributed by atoms with Crippen molar-refractivity contribution in [3.8, 4) is 0 Å². The highest BCUT2D eigenvalue weighted by molar-refractivity contribution is 5.63. The lowest BCUT2D eigenvalue weighted by atomic mass is 10.0. The first-order valence-electron chi connectivity index (χ1n) is 6.96. The largest absolute Gasteiger partial charge is 0.396 e. The highest BCUT2D eigenvalue weighted by atomic mass is 15.3. The van der Waals surface area contributed by atoms with E-state index in [1.807, 2.05) is 18.3 Å². The molecule has 0 aliphatic carbocycles. The van der Waals surface area contributed by atoms with Crippen molar-refractivity contribution in [2.24, 2.45) is 0 Å². The van der Waals surface area contributed by atoms with E-state index in [1.54, 1.807) is 0 Å². The second kappa shape index (κ2) is 5.51. The van der Waals surface area contributed by atoms with Gasteiger partial charge in [0.1, 0.15) is 0 Å². The Morgan fingerprint density at radius 1 is 1.10 bits per heavy atom. The van der Waals surface area contributed by atoms with Gasteiger partial charge in [-0.2, -0.15) is 0 Å². The van der Waals surface area contributed by atoms with Gasteiger partial charge in [0.15, 0.2) is 5.82 Å². The minimum Gasteiger partial charge on any atom is -0.396 e. The normalized spacial score (nSPS) is 20.1. The molecule has 2 aromatic rings. The Morgan fingerprint density at radius 2 is 1.90 bits per heavy atom. The number of benzene rings is 1. The molecule has 0 amide bonds. The first-order valence-corrected chi connectivity index (χ1v) is 6.96. The zero-order valence-corrected chi connectivity index (χ0v) is 11.7. The minimum absolute atomic E-state index is 0.298. The lowest BCUT2D eigenvalue weighted by Crippen LogP contribution is -2.47. The molecule has 1 aromatic heterocycles. The highest BCUT2D eigenvalue weighted by Crippen LogP contribution is 2.31. The van der Waals surface area contributed by atoms with Gasteiger partial charge in [0.2, 0.25) is 0 Å². The fourth-order valence-electron chi connectivity index (χ4n) is 2.78. The summed E-state index contributed by atoms with van der Waals surface area (Å²) in [6.07, 6.45) is 1.81. The van der Waals surface area contributed by atoms with Gasteiger partial charge in [-0.3, -0.25) is 0 Å². The van der Waals surface area contributed by atoms with E-state index in [0.29, 0.717) is 6.04 Å². The summed E-state index contributed by atoms with van der Waals surface area (Å²) in [6.45, 7) is 2.96. The lowest BCUT2D eigenvalue weighted by Gasteiger charge is -2.41. The van der Waals surface area contributed by atoms with Gasteiger partial charge < -0.3 is 15.5 Å². The summed E-state index contributed by atoms with van der Waals surface area (Å²) in [4.78, 5) is 9.16. The topological polar surface area (TPSA) is 45.4 Å². The fourth-order valence-corrected chi connectivity index (χ4v) is 2.78. The van der Waals surface area contributed by atoms with E-state index in [2.05, 4.69) is 52.2 Å². The van der Waals surface area contributed by atoms with Crippen LogP contribution in [0.3, 0.4) is 0 Å². The molecule has 0 saturated carbocycles. The summed E-state index contributed by atoms with van der Waals surface area (Å²) in [5.41, 5.74) is 8.17. The third-order valence-electron chi connectivity index (χ3n) is 3.86. The van der Waals surface area contributed by atoms with Crippen LogP contribution in [0.4, 0.5) is 11.5 Å². The quantitative estimate of drug-likeness (QED) is 0.906. The minimum atomic E-state index is 0.298. The van der Waals surface area contributed by atoms with Gasteiger partial charge in [-0.1, -0.05) is 30.3 Å². The lowest BCUT2D eigenvalue weighted by molar-refractivity contribution is 0.268.